The summed E-state index contributed by atoms with van der Waals surface area (Å²) in [5.74, 6) is 0.386. The zero-order valence-corrected chi connectivity index (χ0v) is 15.7. The Hall–Kier alpha value is -2.65. The molecule has 0 bridgehead atoms. The summed E-state index contributed by atoms with van der Waals surface area (Å²) >= 11 is 0. The van der Waals surface area contributed by atoms with Crippen molar-refractivity contribution in [2.45, 2.75) is 23.8 Å². The van der Waals surface area contributed by atoms with Crippen molar-refractivity contribution in [1.82, 2.24) is 9.29 Å². The average Bonchev–Trinajstić information content (AvgIpc) is 2.68. The Morgan fingerprint density at radius 2 is 1.96 bits per heavy atom. The predicted molar refractivity (Wildman–Crippen MR) is 98.2 cm³/mol. The topological polar surface area (TPSA) is 112 Å². The first-order valence-electron chi connectivity index (χ1n) is 8.47. The third-order valence-corrected chi connectivity index (χ3v) is 6.20. The van der Waals surface area contributed by atoms with Gasteiger partial charge in [-0.05, 0) is 43.2 Å². The molecule has 1 aliphatic rings. The van der Waals surface area contributed by atoms with Gasteiger partial charge >= 0.3 is 0 Å². The Morgan fingerprint density at radius 1 is 1.22 bits per heavy atom. The molecule has 0 saturated carbocycles. The van der Waals surface area contributed by atoms with E-state index < -0.39 is 15.9 Å². The second-order valence-corrected chi connectivity index (χ2v) is 8.10. The van der Waals surface area contributed by atoms with Crippen LogP contribution in [0.25, 0.3) is 0 Å². The lowest BCUT2D eigenvalue weighted by Crippen LogP contribution is -2.44. The van der Waals surface area contributed by atoms with E-state index in [1.807, 2.05) is 0 Å². The molecule has 1 fully saturated rings. The van der Waals surface area contributed by atoms with Crippen molar-refractivity contribution in [2.75, 3.05) is 20.2 Å². The number of nitrogens with two attached hydrogens (primary N) is 1. The highest BCUT2D eigenvalue weighted by atomic mass is 32.2. The van der Waals surface area contributed by atoms with Gasteiger partial charge in [-0.3, -0.25) is 9.78 Å². The number of hydrogen-bond acceptors (Lipinski definition) is 6. The van der Waals surface area contributed by atoms with Crippen LogP contribution in [-0.2, 0) is 10.0 Å². The van der Waals surface area contributed by atoms with Crippen LogP contribution in [0.15, 0.2) is 47.5 Å². The fraction of sp³-hybridized carbons (Fsp3) is 0.333. The maximum atomic E-state index is 12.9. The first-order chi connectivity index (χ1) is 12.9. The van der Waals surface area contributed by atoms with Gasteiger partial charge in [0.25, 0.3) is 5.91 Å². The van der Waals surface area contributed by atoms with Gasteiger partial charge in [0.1, 0.15) is 23.3 Å². The van der Waals surface area contributed by atoms with Crippen LogP contribution in [0.2, 0.25) is 0 Å². The van der Waals surface area contributed by atoms with Crippen LogP contribution in [0.3, 0.4) is 0 Å². The average molecular weight is 391 g/mol. The second kappa shape index (κ2) is 7.93. The minimum Gasteiger partial charge on any atom is -0.497 e. The number of carbonyl (C=O) groups excluding carboxylic acids is 1. The summed E-state index contributed by atoms with van der Waals surface area (Å²) in [5, 5.41) is 0. The lowest BCUT2D eigenvalue weighted by molar-refractivity contribution is 0.0993. The molecule has 1 aromatic heterocycles. The standard InChI is InChI=1S/C18H21N3O5S/c1-25-13-4-6-16(7-5-13)27(23,24)21-10-2-3-15(12-21)26-14-8-9-20-17(11-14)18(19)22/h4-9,11,15H,2-3,10,12H2,1H3,(H2,19,22). The third kappa shape index (κ3) is 4.37. The summed E-state index contributed by atoms with van der Waals surface area (Å²) < 4.78 is 38.1. The molecule has 0 radical (unpaired) electrons. The van der Waals surface area contributed by atoms with Gasteiger partial charge in [0, 0.05) is 18.8 Å². The van der Waals surface area contributed by atoms with Gasteiger partial charge in [0.2, 0.25) is 10.0 Å². The van der Waals surface area contributed by atoms with Crippen LogP contribution in [0, 0.1) is 0 Å². The number of amides is 1. The maximum absolute atomic E-state index is 12.9. The second-order valence-electron chi connectivity index (χ2n) is 6.16. The smallest absolute Gasteiger partial charge is 0.267 e. The zero-order valence-electron chi connectivity index (χ0n) is 14.9. The highest BCUT2D eigenvalue weighted by Crippen LogP contribution is 2.25. The first-order valence-corrected chi connectivity index (χ1v) is 9.91. The van der Waals surface area contributed by atoms with Crippen LogP contribution >= 0.6 is 0 Å². The Morgan fingerprint density at radius 3 is 2.63 bits per heavy atom. The van der Waals surface area contributed by atoms with Crippen molar-refractivity contribution in [3.05, 3.63) is 48.3 Å². The number of hydrogen-bond donors (Lipinski definition) is 1. The summed E-state index contributed by atoms with van der Waals surface area (Å²) in [7, 11) is -2.10. The van der Waals surface area contributed by atoms with E-state index in [0.717, 1.165) is 0 Å². The molecule has 1 saturated heterocycles. The normalized spacial score (nSPS) is 18.0. The number of piperidine rings is 1. The summed E-state index contributed by atoms with van der Waals surface area (Å²) in [6.45, 7) is 0.652. The summed E-state index contributed by atoms with van der Waals surface area (Å²) in [5.41, 5.74) is 5.33. The number of rotatable bonds is 6. The van der Waals surface area contributed by atoms with Crippen molar-refractivity contribution < 1.29 is 22.7 Å². The highest BCUT2D eigenvalue weighted by Gasteiger charge is 2.31. The number of nitrogens with zero attached hydrogens (tertiary/aromatic N) is 2. The fourth-order valence-corrected chi connectivity index (χ4v) is 4.44. The number of pyridine rings is 1. The number of benzene rings is 1. The largest absolute Gasteiger partial charge is 0.497 e. The molecule has 1 unspecified atom stereocenters. The van der Waals surface area contributed by atoms with Crippen molar-refractivity contribution >= 4 is 15.9 Å². The number of sulfonamides is 1. The van der Waals surface area contributed by atoms with E-state index in [0.29, 0.717) is 30.9 Å². The minimum atomic E-state index is -3.62. The van der Waals surface area contributed by atoms with Crippen LogP contribution in [0.5, 0.6) is 11.5 Å². The van der Waals surface area contributed by atoms with Crippen LogP contribution < -0.4 is 15.2 Å². The summed E-state index contributed by atoms with van der Waals surface area (Å²) in [6.07, 6.45) is 2.50. The Balaban J connectivity index is 1.73. The van der Waals surface area contributed by atoms with Gasteiger partial charge in [0.05, 0.1) is 18.6 Å². The summed E-state index contributed by atoms with van der Waals surface area (Å²) in [6, 6.07) is 9.37. The van der Waals surface area contributed by atoms with Crippen molar-refractivity contribution in [3.63, 3.8) is 0 Å². The van der Waals surface area contributed by atoms with Gasteiger partial charge in [-0.15, -0.1) is 0 Å². The Labute approximate surface area is 158 Å². The molecule has 0 aliphatic carbocycles. The van der Waals surface area contributed by atoms with E-state index in [1.165, 1.54) is 35.8 Å². The molecule has 1 atom stereocenters. The van der Waals surface area contributed by atoms with Gasteiger partial charge in [-0.2, -0.15) is 4.31 Å². The molecule has 2 N–H and O–H groups in total. The molecule has 2 aromatic rings. The quantitative estimate of drug-likeness (QED) is 0.797. The molecule has 144 valence electrons. The lowest BCUT2D eigenvalue weighted by Gasteiger charge is -2.32. The highest BCUT2D eigenvalue weighted by molar-refractivity contribution is 7.89. The van der Waals surface area contributed by atoms with Crippen molar-refractivity contribution in [1.29, 1.82) is 0 Å². The van der Waals surface area contributed by atoms with Crippen LogP contribution in [-0.4, -0.2) is 49.9 Å². The molecular weight excluding hydrogens is 370 g/mol. The number of aromatic nitrogens is 1. The van der Waals surface area contributed by atoms with E-state index in [2.05, 4.69) is 4.98 Å². The number of primary amides is 1. The number of methoxy groups -OCH3 is 1. The monoisotopic (exact) mass is 391 g/mol. The van der Waals surface area contributed by atoms with Gasteiger partial charge < -0.3 is 15.2 Å². The number of ether oxygens (including phenoxy) is 2. The van der Waals surface area contributed by atoms with E-state index in [4.69, 9.17) is 15.2 Å². The molecule has 0 spiro atoms. The molecule has 1 aromatic carbocycles. The Bertz CT molecular complexity index is 915. The maximum Gasteiger partial charge on any atom is 0.267 e. The molecule has 3 rings (SSSR count). The van der Waals surface area contributed by atoms with Gasteiger partial charge in [0.15, 0.2) is 0 Å². The molecular formula is C18H21N3O5S. The molecule has 1 amide bonds. The van der Waals surface area contributed by atoms with E-state index in [1.54, 1.807) is 18.2 Å². The molecule has 9 heteroatoms. The summed E-state index contributed by atoms with van der Waals surface area (Å²) in [4.78, 5) is 15.3. The molecule has 1 aliphatic heterocycles. The predicted octanol–water partition coefficient (Wildman–Crippen LogP) is 1.42. The van der Waals surface area contributed by atoms with E-state index >= 15 is 0 Å². The fourth-order valence-electron chi connectivity index (χ4n) is 2.93. The van der Waals surface area contributed by atoms with E-state index in [-0.39, 0.29) is 23.2 Å². The van der Waals surface area contributed by atoms with Gasteiger partial charge in [-0.1, -0.05) is 0 Å². The molecule has 8 nitrogen and oxygen atoms in total. The number of carbonyl (C=O) groups is 1. The van der Waals surface area contributed by atoms with Crippen LogP contribution in [0.1, 0.15) is 23.3 Å². The van der Waals surface area contributed by atoms with Crippen molar-refractivity contribution in [2.24, 2.45) is 5.73 Å². The van der Waals surface area contributed by atoms with E-state index in [9.17, 15) is 13.2 Å². The first kappa shape index (κ1) is 19.1. The third-order valence-electron chi connectivity index (χ3n) is 4.32. The SMILES string of the molecule is COc1ccc(S(=O)(=O)N2CCCC(Oc3ccnc(C(N)=O)c3)C2)cc1. The van der Waals surface area contributed by atoms with Crippen molar-refractivity contribution in [3.8, 4) is 11.5 Å². The van der Waals surface area contributed by atoms with Gasteiger partial charge in [-0.25, -0.2) is 8.42 Å². The zero-order chi connectivity index (χ0) is 19.4. The molecule has 27 heavy (non-hydrogen) atoms. The Kier molecular flexibility index (Phi) is 5.62. The molecule has 2 heterocycles. The lowest BCUT2D eigenvalue weighted by atomic mass is 10.1. The minimum absolute atomic E-state index is 0.103. The van der Waals surface area contributed by atoms with Crippen LogP contribution in [0.4, 0.5) is 0 Å².